The highest BCUT2D eigenvalue weighted by atomic mass is 35.5. The minimum absolute atomic E-state index is 0.240. The third-order valence-corrected chi connectivity index (χ3v) is 4.48. The van der Waals surface area contributed by atoms with Crippen molar-refractivity contribution in [3.05, 3.63) is 28.1 Å². The van der Waals surface area contributed by atoms with E-state index in [2.05, 4.69) is 11.2 Å². The van der Waals surface area contributed by atoms with Crippen molar-refractivity contribution < 1.29 is 4.79 Å². The maximum atomic E-state index is 12.3. The van der Waals surface area contributed by atoms with E-state index in [4.69, 9.17) is 23.8 Å². The fourth-order valence-electron chi connectivity index (χ4n) is 2.01. The summed E-state index contributed by atoms with van der Waals surface area (Å²) in [6.07, 6.45) is 7.06. The Bertz CT molecular complexity index is 687. The van der Waals surface area contributed by atoms with Gasteiger partial charge < -0.3 is 11.1 Å². The molecule has 1 aromatic carbocycles. The van der Waals surface area contributed by atoms with Gasteiger partial charge in [0, 0.05) is 10.1 Å². The summed E-state index contributed by atoms with van der Waals surface area (Å²) in [4.78, 5) is 12.7. The van der Waals surface area contributed by atoms with Crippen LogP contribution in [0.5, 0.6) is 0 Å². The van der Waals surface area contributed by atoms with Crippen LogP contribution in [-0.2, 0) is 0 Å². The lowest BCUT2D eigenvalue weighted by Gasteiger charge is -2.11. The molecule has 3 N–H and O–H groups in total. The Morgan fingerprint density at radius 3 is 2.95 bits per heavy atom. The third-order valence-electron chi connectivity index (χ3n) is 2.99. The first-order valence-electron chi connectivity index (χ1n) is 6.32. The summed E-state index contributed by atoms with van der Waals surface area (Å²) < 4.78 is 0.896. The largest absolute Gasteiger partial charge is 0.397 e. The van der Waals surface area contributed by atoms with Crippen molar-refractivity contribution in [1.29, 1.82) is 0 Å². The SMILES string of the molecule is C#CC(CCC)NC(=O)c1sc2cccc(Cl)c2c1N. The molecule has 0 bridgehead atoms. The van der Waals surface area contributed by atoms with Gasteiger partial charge in [-0.2, -0.15) is 0 Å². The van der Waals surface area contributed by atoms with Gasteiger partial charge in [0.05, 0.1) is 16.8 Å². The smallest absolute Gasteiger partial charge is 0.264 e. The van der Waals surface area contributed by atoms with Gasteiger partial charge in [0.1, 0.15) is 4.88 Å². The van der Waals surface area contributed by atoms with E-state index < -0.39 is 0 Å². The number of fused-ring (bicyclic) bond motifs is 1. The van der Waals surface area contributed by atoms with Crippen LogP contribution in [0.25, 0.3) is 10.1 Å². The molecule has 1 atom stereocenters. The standard InChI is InChI=1S/C15H15ClN2OS/c1-3-6-9(4-2)18-15(19)14-13(17)12-10(16)7-5-8-11(12)20-14/h2,5,7-9H,3,6,17H2,1H3,(H,18,19). The number of thiophene rings is 1. The van der Waals surface area contributed by atoms with Gasteiger partial charge in [-0.15, -0.1) is 17.8 Å². The summed E-state index contributed by atoms with van der Waals surface area (Å²) in [5.74, 6) is 2.33. The second kappa shape index (κ2) is 6.17. The predicted octanol–water partition coefficient (Wildman–Crippen LogP) is 3.67. The van der Waals surface area contributed by atoms with Crippen molar-refractivity contribution in [2.45, 2.75) is 25.8 Å². The van der Waals surface area contributed by atoms with Gasteiger partial charge >= 0.3 is 0 Å². The van der Waals surface area contributed by atoms with Gasteiger partial charge in [-0.05, 0) is 18.6 Å². The fraction of sp³-hybridized carbons (Fsp3) is 0.267. The minimum Gasteiger partial charge on any atom is -0.397 e. The first-order valence-corrected chi connectivity index (χ1v) is 7.51. The molecule has 1 heterocycles. The second-order valence-corrected chi connectivity index (χ2v) is 5.90. The molecule has 104 valence electrons. The summed E-state index contributed by atoms with van der Waals surface area (Å²) in [6.45, 7) is 2.02. The average Bonchev–Trinajstić information content (AvgIpc) is 2.77. The highest BCUT2D eigenvalue weighted by Gasteiger charge is 2.19. The molecule has 2 rings (SSSR count). The van der Waals surface area contributed by atoms with E-state index in [1.54, 1.807) is 6.07 Å². The van der Waals surface area contributed by atoms with Gasteiger partial charge in [0.2, 0.25) is 0 Å². The molecule has 0 saturated heterocycles. The van der Waals surface area contributed by atoms with Crippen molar-refractivity contribution in [2.75, 3.05) is 5.73 Å². The number of carbonyl (C=O) groups is 1. The van der Waals surface area contributed by atoms with Gasteiger partial charge in [0.15, 0.2) is 0 Å². The van der Waals surface area contributed by atoms with Crippen molar-refractivity contribution in [3.63, 3.8) is 0 Å². The van der Waals surface area contributed by atoms with Crippen molar-refractivity contribution in [2.24, 2.45) is 0 Å². The molecule has 20 heavy (non-hydrogen) atoms. The van der Waals surface area contributed by atoms with Gasteiger partial charge in [-0.3, -0.25) is 4.79 Å². The van der Waals surface area contributed by atoms with Crippen molar-refractivity contribution >= 4 is 44.6 Å². The number of nitrogens with two attached hydrogens (primary N) is 1. The zero-order valence-corrected chi connectivity index (χ0v) is 12.6. The Balaban J connectivity index is 2.34. The quantitative estimate of drug-likeness (QED) is 0.847. The normalized spacial score (nSPS) is 12.1. The number of halogens is 1. The number of amides is 1. The van der Waals surface area contributed by atoms with Gasteiger partial charge in [-0.25, -0.2) is 0 Å². The van der Waals surface area contributed by atoms with E-state index in [9.17, 15) is 4.79 Å². The molecule has 1 aromatic heterocycles. The van der Waals surface area contributed by atoms with Crippen molar-refractivity contribution in [1.82, 2.24) is 5.32 Å². The molecular formula is C15H15ClN2OS. The highest BCUT2D eigenvalue weighted by Crippen LogP contribution is 2.37. The number of nitrogens with one attached hydrogen (secondary N) is 1. The first-order chi connectivity index (χ1) is 9.58. The van der Waals surface area contributed by atoms with Crippen LogP contribution in [0.3, 0.4) is 0 Å². The Kier molecular flexibility index (Phi) is 4.53. The van der Waals surface area contributed by atoms with Crippen LogP contribution >= 0.6 is 22.9 Å². The molecule has 0 fully saturated rings. The summed E-state index contributed by atoms with van der Waals surface area (Å²) >= 11 is 7.45. The van der Waals surface area contributed by atoms with Crippen molar-refractivity contribution in [3.8, 4) is 12.3 Å². The number of terminal acetylenes is 1. The zero-order valence-electron chi connectivity index (χ0n) is 11.1. The molecule has 0 radical (unpaired) electrons. The molecule has 0 aliphatic rings. The molecule has 3 nitrogen and oxygen atoms in total. The topological polar surface area (TPSA) is 55.1 Å². The zero-order chi connectivity index (χ0) is 14.7. The van der Waals surface area contributed by atoms with Crippen LogP contribution in [0, 0.1) is 12.3 Å². The summed E-state index contributed by atoms with van der Waals surface area (Å²) in [5, 5.41) is 4.10. The summed E-state index contributed by atoms with van der Waals surface area (Å²) in [7, 11) is 0. The molecule has 5 heteroatoms. The second-order valence-electron chi connectivity index (χ2n) is 4.44. The number of hydrogen-bond donors (Lipinski definition) is 2. The number of anilines is 1. The third kappa shape index (κ3) is 2.74. The van der Waals surface area contributed by atoms with Crippen LogP contribution in [0.1, 0.15) is 29.4 Å². The van der Waals surface area contributed by atoms with E-state index in [0.717, 1.165) is 22.9 Å². The number of hydrogen-bond acceptors (Lipinski definition) is 3. The van der Waals surface area contributed by atoms with Crippen LogP contribution in [0.2, 0.25) is 5.02 Å². The van der Waals surface area contributed by atoms with E-state index >= 15 is 0 Å². The lowest BCUT2D eigenvalue weighted by atomic mass is 10.1. The number of benzene rings is 1. The lowest BCUT2D eigenvalue weighted by molar-refractivity contribution is 0.0949. The van der Waals surface area contributed by atoms with Crippen LogP contribution in [-0.4, -0.2) is 11.9 Å². The van der Waals surface area contributed by atoms with E-state index in [-0.39, 0.29) is 11.9 Å². The number of rotatable bonds is 4. The van der Waals surface area contributed by atoms with Crippen LogP contribution < -0.4 is 11.1 Å². The highest BCUT2D eigenvalue weighted by molar-refractivity contribution is 7.21. The van der Waals surface area contributed by atoms with E-state index in [0.29, 0.717) is 15.6 Å². The molecule has 1 amide bonds. The Hall–Kier alpha value is -1.70. The maximum Gasteiger partial charge on any atom is 0.264 e. The fourth-order valence-corrected chi connectivity index (χ4v) is 3.39. The number of carbonyl (C=O) groups excluding carboxylic acids is 1. The monoisotopic (exact) mass is 306 g/mol. The maximum absolute atomic E-state index is 12.3. The Labute approximate surface area is 127 Å². The summed E-state index contributed by atoms with van der Waals surface area (Å²) in [6, 6.07) is 5.22. The van der Waals surface area contributed by atoms with E-state index in [1.807, 2.05) is 19.1 Å². The average molecular weight is 307 g/mol. The first kappa shape index (κ1) is 14.7. The molecule has 0 aliphatic heterocycles. The molecule has 0 aliphatic carbocycles. The van der Waals surface area contributed by atoms with Crippen LogP contribution in [0.15, 0.2) is 18.2 Å². The predicted molar refractivity (Wildman–Crippen MR) is 86.2 cm³/mol. The molecule has 0 spiro atoms. The minimum atomic E-state index is -0.271. The molecule has 1 unspecified atom stereocenters. The van der Waals surface area contributed by atoms with E-state index in [1.165, 1.54) is 11.3 Å². The Morgan fingerprint density at radius 1 is 1.60 bits per heavy atom. The molecular weight excluding hydrogens is 292 g/mol. The lowest BCUT2D eigenvalue weighted by Crippen LogP contribution is -2.33. The van der Waals surface area contributed by atoms with Crippen LogP contribution in [0.4, 0.5) is 5.69 Å². The molecule has 0 saturated carbocycles. The molecule has 2 aromatic rings. The summed E-state index contributed by atoms with van der Waals surface area (Å²) in [5.41, 5.74) is 6.46. The Morgan fingerprint density at radius 2 is 2.35 bits per heavy atom. The van der Waals surface area contributed by atoms with Gasteiger partial charge in [-0.1, -0.05) is 36.9 Å². The number of nitrogen functional groups attached to an aromatic ring is 1. The van der Waals surface area contributed by atoms with Gasteiger partial charge in [0.25, 0.3) is 5.91 Å².